The molecule has 4 rings (SSSR count). The minimum Gasteiger partial charge on any atom is -0.370 e. The fourth-order valence-electron chi connectivity index (χ4n) is 4.25. The highest BCUT2D eigenvalue weighted by Gasteiger charge is 2.31. The summed E-state index contributed by atoms with van der Waals surface area (Å²) in [5, 5.41) is 13.2. The number of rotatable bonds is 4. The van der Waals surface area contributed by atoms with Crippen molar-refractivity contribution in [3.05, 3.63) is 65.4 Å². The molecule has 2 heterocycles. The average molecular weight is 452 g/mol. The molecule has 8 heteroatoms. The van der Waals surface area contributed by atoms with E-state index in [2.05, 4.69) is 34.3 Å². The number of carbonyl (C=O) groups excluding carboxylic acids is 1. The molecule has 0 bridgehead atoms. The van der Waals surface area contributed by atoms with E-state index in [1.165, 1.54) is 12.1 Å². The second kappa shape index (κ2) is 9.10. The lowest BCUT2D eigenvalue weighted by molar-refractivity contribution is -0.137. The van der Waals surface area contributed by atoms with Gasteiger partial charge in [0.25, 0.3) is 0 Å². The molecule has 1 aliphatic rings. The molecule has 1 aromatic heterocycles. The first kappa shape index (κ1) is 22.6. The van der Waals surface area contributed by atoms with E-state index < -0.39 is 11.7 Å². The summed E-state index contributed by atoms with van der Waals surface area (Å²) in [6, 6.07) is 12.9. The van der Waals surface area contributed by atoms with Gasteiger partial charge in [0.15, 0.2) is 0 Å². The van der Waals surface area contributed by atoms with Crippen molar-refractivity contribution in [2.75, 3.05) is 23.3 Å². The number of carbonyl (C=O) groups is 1. The first-order valence-electron chi connectivity index (χ1n) is 10.8. The monoisotopic (exact) mass is 452 g/mol. The third-order valence-corrected chi connectivity index (χ3v) is 6.07. The van der Waals surface area contributed by atoms with Crippen LogP contribution in [0.1, 0.15) is 36.5 Å². The Morgan fingerprint density at radius 1 is 1.21 bits per heavy atom. The molecule has 0 unspecified atom stereocenters. The number of nitrogens with one attached hydrogen (secondary N) is 1. The number of pyridine rings is 1. The van der Waals surface area contributed by atoms with E-state index in [9.17, 15) is 23.2 Å². The van der Waals surface area contributed by atoms with Gasteiger partial charge in [-0.25, -0.2) is 0 Å². The van der Waals surface area contributed by atoms with E-state index in [1.54, 1.807) is 6.20 Å². The van der Waals surface area contributed by atoms with Gasteiger partial charge in [0.1, 0.15) is 6.07 Å². The smallest absolute Gasteiger partial charge is 0.370 e. The number of piperidine rings is 1. The van der Waals surface area contributed by atoms with Crippen molar-refractivity contribution in [3.8, 4) is 6.07 Å². The lowest BCUT2D eigenvalue weighted by atomic mass is 9.94. The van der Waals surface area contributed by atoms with Crippen LogP contribution in [0, 0.1) is 17.2 Å². The summed E-state index contributed by atoms with van der Waals surface area (Å²) in [6.45, 7) is 3.19. The van der Waals surface area contributed by atoms with Crippen LogP contribution >= 0.6 is 0 Å². The molecular weight excluding hydrogens is 429 g/mol. The number of hydrogen-bond acceptors (Lipinski definition) is 4. The van der Waals surface area contributed by atoms with Crippen LogP contribution in [0.3, 0.4) is 0 Å². The molecule has 0 saturated carbocycles. The van der Waals surface area contributed by atoms with Gasteiger partial charge in [-0.3, -0.25) is 9.78 Å². The molecule has 0 spiro atoms. The maximum atomic E-state index is 12.9. The summed E-state index contributed by atoms with van der Waals surface area (Å²) < 4.78 is 38.8. The summed E-state index contributed by atoms with van der Waals surface area (Å²) in [4.78, 5) is 19.2. The zero-order chi connectivity index (χ0) is 23.6. The van der Waals surface area contributed by atoms with E-state index in [0.717, 1.165) is 40.7 Å². The Labute approximate surface area is 189 Å². The Hall–Kier alpha value is -3.60. The zero-order valence-electron chi connectivity index (χ0n) is 18.1. The lowest BCUT2D eigenvalue weighted by Gasteiger charge is -2.34. The summed E-state index contributed by atoms with van der Waals surface area (Å²) >= 11 is 0. The van der Waals surface area contributed by atoms with E-state index in [0.29, 0.717) is 31.5 Å². The van der Waals surface area contributed by atoms with E-state index in [4.69, 9.17) is 0 Å². The molecule has 33 heavy (non-hydrogen) atoms. The fourth-order valence-corrected chi connectivity index (χ4v) is 4.25. The molecule has 1 amide bonds. The Bertz CT molecular complexity index is 1220. The lowest BCUT2D eigenvalue weighted by Crippen LogP contribution is -2.38. The first-order chi connectivity index (χ1) is 15.8. The number of alkyl halides is 3. The predicted octanol–water partition coefficient (Wildman–Crippen LogP) is 5.54. The fraction of sp³-hybridized carbons (Fsp3) is 0.320. The average Bonchev–Trinajstić information content (AvgIpc) is 2.82. The highest BCUT2D eigenvalue weighted by atomic mass is 19.4. The summed E-state index contributed by atoms with van der Waals surface area (Å²) in [5.41, 5.74) is 2.62. The number of hydrogen-bond donors (Lipinski definition) is 1. The maximum Gasteiger partial charge on any atom is 0.416 e. The standard InChI is InChI=1S/C25H23F3N4O/c1-2-16-6-7-22-21(12-16)23(18(14-29)15-30-22)32-10-8-17(9-11-32)24(33)31-20-5-3-4-19(13-20)25(26,27)28/h3-7,12-13,15,17H,2,8-11H2,1H3,(H,31,33). The van der Waals surface area contributed by atoms with Crippen LogP contribution in [0.25, 0.3) is 10.9 Å². The molecule has 0 radical (unpaired) electrons. The van der Waals surface area contributed by atoms with Crippen molar-refractivity contribution in [1.29, 1.82) is 5.26 Å². The van der Waals surface area contributed by atoms with Crippen LogP contribution in [0.15, 0.2) is 48.7 Å². The molecule has 0 atom stereocenters. The number of nitrogens with zero attached hydrogens (tertiary/aromatic N) is 3. The van der Waals surface area contributed by atoms with Gasteiger partial charge in [-0.1, -0.05) is 19.1 Å². The Morgan fingerprint density at radius 2 is 1.97 bits per heavy atom. The third-order valence-electron chi connectivity index (χ3n) is 6.07. The summed E-state index contributed by atoms with van der Waals surface area (Å²) in [6.07, 6.45) is -0.949. The number of benzene rings is 2. The molecule has 1 N–H and O–H groups in total. The second-order valence-electron chi connectivity index (χ2n) is 8.17. The van der Waals surface area contributed by atoms with Crippen molar-refractivity contribution in [1.82, 2.24) is 4.98 Å². The topological polar surface area (TPSA) is 69.0 Å². The van der Waals surface area contributed by atoms with Gasteiger partial charge in [0, 0.05) is 36.3 Å². The van der Waals surface area contributed by atoms with Gasteiger partial charge in [-0.05, 0) is 55.2 Å². The van der Waals surface area contributed by atoms with Gasteiger partial charge >= 0.3 is 6.18 Å². The number of anilines is 2. The van der Waals surface area contributed by atoms with Crippen molar-refractivity contribution in [2.24, 2.45) is 5.92 Å². The number of nitriles is 1. The first-order valence-corrected chi connectivity index (χ1v) is 10.8. The molecule has 170 valence electrons. The van der Waals surface area contributed by atoms with Crippen LogP contribution in [-0.2, 0) is 17.4 Å². The zero-order valence-corrected chi connectivity index (χ0v) is 18.1. The number of amides is 1. The van der Waals surface area contributed by atoms with Gasteiger partial charge in [0.2, 0.25) is 5.91 Å². The minimum absolute atomic E-state index is 0.135. The number of fused-ring (bicyclic) bond motifs is 1. The third kappa shape index (κ3) is 4.77. The maximum absolute atomic E-state index is 12.9. The highest BCUT2D eigenvalue weighted by molar-refractivity contribution is 5.96. The molecule has 1 saturated heterocycles. The predicted molar refractivity (Wildman–Crippen MR) is 121 cm³/mol. The molecular formula is C25H23F3N4O. The van der Waals surface area contributed by atoms with Gasteiger partial charge in [0.05, 0.1) is 22.3 Å². The van der Waals surface area contributed by atoms with Gasteiger partial charge in [-0.2, -0.15) is 18.4 Å². The number of aryl methyl sites for hydroxylation is 1. The molecule has 5 nitrogen and oxygen atoms in total. The van der Waals surface area contributed by atoms with E-state index in [1.807, 2.05) is 12.1 Å². The van der Waals surface area contributed by atoms with Crippen LogP contribution in [0.4, 0.5) is 24.5 Å². The van der Waals surface area contributed by atoms with Crippen LogP contribution < -0.4 is 10.2 Å². The van der Waals surface area contributed by atoms with Gasteiger partial charge < -0.3 is 10.2 Å². The quantitative estimate of drug-likeness (QED) is 0.564. The molecule has 0 aliphatic carbocycles. The Balaban J connectivity index is 1.50. The number of aromatic nitrogens is 1. The largest absolute Gasteiger partial charge is 0.416 e. The molecule has 3 aromatic rings. The minimum atomic E-state index is -4.46. The van der Waals surface area contributed by atoms with Crippen molar-refractivity contribution in [2.45, 2.75) is 32.4 Å². The van der Waals surface area contributed by atoms with Crippen molar-refractivity contribution >= 4 is 28.2 Å². The normalized spacial score (nSPS) is 14.8. The Morgan fingerprint density at radius 3 is 2.64 bits per heavy atom. The Kier molecular flexibility index (Phi) is 6.23. The summed E-state index contributed by atoms with van der Waals surface area (Å²) in [7, 11) is 0. The second-order valence-corrected chi connectivity index (χ2v) is 8.17. The molecule has 1 aliphatic heterocycles. The molecule has 1 fully saturated rings. The van der Waals surface area contributed by atoms with Crippen molar-refractivity contribution < 1.29 is 18.0 Å². The van der Waals surface area contributed by atoms with Gasteiger partial charge in [-0.15, -0.1) is 0 Å². The van der Waals surface area contributed by atoms with Crippen LogP contribution in [0.2, 0.25) is 0 Å². The summed E-state index contributed by atoms with van der Waals surface area (Å²) in [5.74, 6) is -0.608. The van der Waals surface area contributed by atoms with Crippen molar-refractivity contribution in [3.63, 3.8) is 0 Å². The van der Waals surface area contributed by atoms with Crippen LogP contribution in [-0.4, -0.2) is 24.0 Å². The SMILES string of the molecule is CCc1ccc2ncc(C#N)c(N3CCC(C(=O)Nc4cccc(C(F)(F)F)c4)CC3)c2c1. The highest BCUT2D eigenvalue weighted by Crippen LogP contribution is 2.34. The van der Waals surface area contributed by atoms with E-state index in [-0.39, 0.29) is 17.5 Å². The van der Waals surface area contributed by atoms with E-state index >= 15 is 0 Å². The molecule has 2 aromatic carbocycles. The van der Waals surface area contributed by atoms with Crippen LogP contribution in [0.5, 0.6) is 0 Å². The number of halogens is 3.